The van der Waals surface area contributed by atoms with E-state index in [1.54, 1.807) is 20.8 Å². The fourth-order valence-electron chi connectivity index (χ4n) is 5.14. The molecule has 0 aromatic heterocycles. The Morgan fingerprint density at radius 2 is 1.50 bits per heavy atom. The minimum absolute atomic E-state index is 0.00420. The Morgan fingerprint density at radius 1 is 0.952 bits per heavy atom. The van der Waals surface area contributed by atoms with E-state index in [1.807, 2.05) is 62.4 Å². The molecular formula is C33H42N2O7. The molecule has 9 heteroatoms. The molecule has 2 aromatic rings. The summed E-state index contributed by atoms with van der Waals surface area (Å²) < 4.78 is 23.5. The van der Waals surface area contributed by atoms with Crippen LogP contribution in [0.2, 0.25) is 0 Å². The maximum absolute atomic E-state index is 13.9. The number of esters is 2. The van der Waals surface area contributed by atoms with Gasteiger partial charge < -0.3 is 19.1 Å². The maximum Gasteiger partial charge on any atom is 0.410 e. The Labute approximate surface area is 249 Å². The van der Waals surface area contributed by atoms with E-state index in [0.717, 1.165) is 27.2 Å². The number of fused-ring (bicyclic) bond motifs is 3. The second kappa shape index (κ2) is 13.7. The van der Waals surface area contributed by atoms with Gasteiger partial charge in [0.15, 0.2) is 0 Å². The first-order chi connectivity index (χ1) is 20.1. The van der Waals surface area contributed by atoms with Crippen LogP contribution >= 0.6 is 0 Å². The third kappa shape index (κ3) is 7.78. The Morgan fingerprint density at radius 3 is 2.00 bits per heavy atom. The third-order valence-electron chi connectivity index (χ3n) is 7.11. The van der Waals surface area contributed by atoms with E-state index in [2.05, 4.69) is 6.58 Å². The van der Waals surface area contributed by atoms with Crippen LogP contribution in [0, 0.1) is 5.92 Å². The number of benzene rings is 2. The molecular weight excluding hydrogens is 536 g/mol. The first-order valence-corrected chi connectivity index (χ1v) is 14.0. The Balaban J connectivity index is 1.80. The minimum Gasteiger partial charge on any atom is -0.460 e. The van der Waals surface area contributed by atoms with Crippen molar-refractivity contribution >= 4 is 23.9 Å². The Hall–Kier alpha value is -4.14. The van der Waals surface area contributed by atoms with E-state index >= 15 is 0 Å². The molecule has 2 aromatic carbocycles. The lowest BCUT2D eigenvalue weighted by Crippen LogP contribution is -2.54. The molecule has 0 aliphatic heterocycles. The molecule has 0 heterocycles. The second-order valence-electron chi connectivity index (χ2n) is 11.9. The van der Waals surface area contributed by atoms with Crippen molar-refractivity contribution < 1.29 is 34.8 Å². The van der Waals surface area contributed by atoms with Gasteiger partial charge in [0, 0.05) is 20.0 Å². The normalized spacial score (nSPS) is 14.1. The monoisotopic (exact) mass is 580 g/mol. The van der Waals surface area contributed by atoms with E-state index < -0.39 is 54.3 Å². The molecule has 3 rings (SSSR count). The molecule has 1 aliphatic carbocycles. The fraction of sp³-hybridized carbons (Fsp3) is 0.455. The van der Waals surface area contributed by atoms with Crippen molar-refractivity contribution in [3.8, 4) is 11.1 Å². The molecule has 9 nitrogen and oxygen atoms in total. The van der Waals surface area contributed by atoms with Crippen molar-refractivity contribution in [3.63, 3.8) is 0 Å². The predicted molar refractivity (Wildman–Crippen MR) is 159 cm³/mol. The number of likely N-dealkylation sites (N-methyl/N-ethyl adjacent to an activating group) is 2. The topological polar surface area (TPSA) is 102 Å². The van der Waals surface area contributed by atoms with Gasteiger partial charge in [0.05, 0.1) is 12.7 Å². The Bertz CT molecular complexity index is 1320. The molecule has 2 amide bonds. The molecule has 0 N–H and O–H groups in total. The van der Waals surface area contributed by atoms with Gasteiger partial charge in [0.1, 0.15) is 25.7 Å². The number of ether oxygens (including phenoxy) is 3. The summed E-state index contributed by atoms with van der Waals surface area (Å²) in [6, 6.07) is 13.6. The van der Waals surface area contributed by atoms with Crippen molar-refractivity contribution in [1.82, 2.24) is 9.80 Å². The SMILES string of the molecule is [3H]C(=C)OC(=O)[C@H](CC(=O)OC(C)(C)C)N(C)C(=O)[C@H](CC(C)C)N(C)C(=O)OCC1c2ccccc2-c2ccccc21. The highest BCUT2D eigenvalue weighted by molar-refractivity contribution is 5.91. The van der Waals surface area contributed by atoms with Gasteiger partial charge in [-0.3, -0.25) is 14.5 Å². The van der Waals surface area contributed by atoms with Crippen LogP contribution in [0.1, 0.15) is 65.9 Å². The summed E-state index contributed by atoms with van der Waals surface area (Å²) in [7, 11) is 2.83. The summed E-state index contributed by atoms with van der Waals surface area (Å²) in [5.74, 6) is -2.48. The van der Waals surface area contributed by atoms with Crippen LogP contribution in [0.15, 0.2) is 61.3 Å². The zero-order chi connectivity index (χ0) is 32.1. The van der Waals surface area contributed by atoms with Crippen LogP contribution in [0.5, 0.6) is 0 Å². The average Bonchev–Trinajstić information content (AvgIpc) is 3.24. The molecule has 2 atom stereocenters. The zero-order valence-electron chi connectivity index (χ0n) is 26.5. The second-order valence-corrected chi connectivity index (χ2v) is 11.9. The molecule has 1 aliphatic rings. The molecule has 0 unspecified atom stereocenters. The first-order valence-electron chi connectivity index (χ1n) is 14.5. The quantitative estimate of drug-likeness (QED) is 0.196. The zero-order valence-corrected chi connectivity index (χ0v) is 25.5. The van der Waals surface area contributed by atoms with E-state index in [-0.39, 0.29) is 24.9 Å². The van der Waals surface area contributed by atoms with Crippen molar-refractivity contribution in [1.29, 1.82) is 0 Å². The van der Waals surface area contributed by atoms with E-state index in [4.69, 9.17) is 15.6 Å². The number of hydrogen-bond donors (Lipinski definition) is 0. The van der Waals surface area contributed by atoms with E-state index in [1.165, 1.54) is 19.0 Å². The molecule has 0 spiro atoms. The minimum atomic E-state index is -1.41. The first kappa shape index (κ1) is 30.8. The predicted octanol–water partition coefficient (Wildman–Crippen LogP) is 5.53. The molecule has 0 saturated heterocycles. The van der Waals surface area contributed by atoms with Crippen LogP contribution in [-0.4, -0.2) is 72.1 Å². The Kier molecular flexibility index (Phi) is 10.0. The van der Waals surface area contributed by atoms with Crippen LogP contribution in [0.4, 0.5) is 4.79 Å². The summed E-state index contributed by atoms with van der Waals surface area (Å²) >= 11 is 0. The molecule has 0 fully saturated rings. The van der Waals surface area contributed by atoms with Crippen LogP contribution in [0.3, 0.4) is 0 Å². The van der Waals surface area contributed by atoms with Crippen LogP contribution in [0.25, 0.3) is 11.1 Å². The lowest BCUT2D eigenvalue weighted by Gasteiger charge is -2.34. The number of amides is 2. The average molecular weight is 581 g/mol. The van der Waals surface area contributed by atoms with Gasteiger partial charge in [-0.1, -0.05) is 69.0 Å². The summed E-state index contributed by atoms with van der Waals surface area (Å²) in [6.07, 6.45) is -1.56. The van der Waals surface area contributed by atoms with Gasteiger partial charge >= 0.3 is 18.0 Å². The van der Waals surface area contributed by atoms with Gasteiger partial charge in [-0.2, -0.15) is 0 Å². The molecule has 0 radical (unpaired) electrons. The lowest BCUT2D eigenvalue weighted by molar-refractivity contribution is -0.162. The summed E-state index contributed by atoms with van der Waals surface area (Å²) in [4.78, 5) is 55.1. The maximum atomic E-state index is 13.9. The number of hydrogen-bond acceptors (Lipinski definition) is 7. The number of nitrogens with zero attached hydrogens (tertiary/aromatic N) is 2. The molecule has 0 saturated carbocycles. The number of rotatable bonds is 11. The smallest absolute Gasteiger partial charge is 0.410 e. The standard InChI is InChI=1S/C33H42N2O7/c1-9-40-31(38)28(19-29(36)42-33(4,5)6)34(7)30(37)27(18-21(2)3)35(8)32(39)41-20-26-24-16-12-10-14-22(24)23-15-11-13-17-25(23)26/h9-17,21,26-28H,1,18-20H2,2-8H3/t27-,28-/m0/s1/i9T. The van der Waals surface area contributed by atoms with Crippen LogP contribution < -0.4 is 0 Å². The van der Waals surface area contributed by atoms with Gasteiger partial charge in [-0.15, -0.1) is 0 Å². The molecule has 42 heavy (non-hydrogen) atoms. The summed E-state index contributed by atoms with van der Waals surface area (Å²) in [5, 5.41) is 0. The summed E-state index contributed by atoms with van der Waals surface area (Å²) in [5.41, 5.74) is 3.50. The fourth-order valence-corrected chi connectivity index (χ4v) is 5.14. The highest BCUT2D eigenvalue weighted by Gasteiger charge is 2.38. The lowest BCUT2D eigenvalue weighted by atomic mass is 9.98. The van der Waals surface area contributed by atoms with Crippen molar-refractivity contribution in [3.05, 3.63) is 72.5 Å². The van der Waals surface area contributed by atoms with Gasteiger partial charge in [0.2, 0.25) is 5.91 Å². The largest absolute Gasteiger partial charge is 0.460 e. The molecule has 0 bridgehead atoms. The van der Waals surface area contributed by atoms with Gasteiger partial charge in [-0.05, 0) is 55.4 Å². The number of carbonyl (C=O) groups is 4. The van der Waals surface area contributed by atoms with Crippen molar-refractivity contribution in [2.24, 2.45) is 5.92 Å². The van der Waals surface area contributed by atoms with Crippen molar-refractivity contribution in [2.75, 3.05) is 20.7 Å². The van der Waals surface area contributed by atoms with E-state index in [0.29, 0.717) is 0 Å². The van der Waals surface area contributed by atoms with Gasteiger partial charge in [0.25, 0.3) is 0 Å². The third-order valence-corrected chi connectivity index (χ3v) is 7.11. The van der Waals surface area contributed by atoms with Gasteiger partial charge in [-0.25, -0.2) is 9.59 Å². The van der Waals surface area contributed by atoms with E-state index in [9.17, 15) is 19.2 Å². The highest BCUT2D eigenvalue weighted by Crippen LogP contribution is 2.44. The van der Waals surface area contributed by atoms with Crippen LogP contribution in [-0.2, 0) is 28.6 Å². The highest BCUT2D eigenvalue weighted by atomic mass is 16.6. The summed E-state index contributed by atoms with van der Waals surface area (Å²) in [6.45, 7) is 12.2. The van der Waals surface area contributed by atoms with Crippen molar-refractivity contribution in [2.45, 2.75) is 71.1 Å². The molecule has 226 valence electrons. The number of carbonyl (C=O) groups excluding carboxylic acids is 4.